The third-order valence-corrected chi connectivity index (χ3v) is 1.83. The van der Waals surface area contributed by atoms with E-state index in [9.17, 15) is 5.11 Å². The zero-order valence-electron chi connectivity index (χ0n) is 7.90. The van der Waals surface area contributed by atoms with Crippen molar-refractivity contribution in [1.82, 2.24) is 4.98 Å². The Morgan fingerprint density at radius 2 is 2.43 bits per heavy atom. The highest BCUT2D eigenvalue weighted by atomic mass is 35.5. The van der Waals surface area contributed by atoms with Crippen molar-refractivity contribution in [2.24, 2.45) is 0 Å². The van der Waals surface area contributed by atoms with Crippen molar-refractivity contribution >= 4 is 17.4 Å². The molecule has 78 valence electrons. The molecule has 0 amide bonds. The molecule has 2 N–H and O–H groups in total. The fourth-order valence-electron chi connectivity index (χ4n) is 0.954. The molecule has 0 radical (unpaired) electrons. The maximum absolute atomic E-state index is 9.32. The molecule has 0 fully saturated rings. The number of nitrogens with zero attached hydrogens (tertiary/aromatic N) is 1. The fraction of sp³-hybridized carbons (Fsp3) is 0.444. The van der Waals surface area contributed by atoms with Crippen LogP contribution in [0, 0.1) is 0 Å². The van der Waals surface area contributed by atoms with Crippen molar-refractivity contribution in [1.29, 1.82) is 0 Å². The van der Waals surface area contributed by atoms with Crippen molar-refractivity contribution in [3.63, 3.8) is 0 Å². The second-order valence-corrected chi connectivity index (χ2v) is 3.29. The van der Waals surface area contributed by atoms with Gasteiger partial charge >= 0.3 is 0 Å². The van der Waals surface area contributed by atoms with Gasteiger partial charge in [-0.15, -0.1) is 0 Å². The lowest BCUT2D eigenvalue weighted by molar-refractivity contribution is 0.0727. The summed E-state index contributed by atoms with van der Waals surface area (Å²) in [6, 6.07) is 3.49. The number of halogens is 1. The summed E-state index contributed by atoms with van der Waals surface area (Å²) in [5.41, 5.74) is 0. The van der Waals surface area contributed by atoms with Gasteiger partial charge in [0.15, 0.2) is 0 Å². The van der Waals surface area contributed by atoms with Crippen LogP contribution >= 0.6 is 11.6 Å². The molecule has 0 aromatic carbocycles. The predicted octanol–water partition coefficient (Wildman–Crippen LogP) is 1.15. The molecule has 1 aromatic heterocycles. The molecule has 1 rings (SSSR count). The lowest BCUT2D eigenvalue weighted by atomic mass is 10.3. The minimum atomic E-state index is -0.530. The first-order chi connectivity index (χ1) is 6.72. The van der Waals surface area contributed by atoms with E-state index in [4.69, 9.17) is 16.3 Å². The lowest BCUT2D eigenvalue weighted by Crippen LogP contribution is -2.24. The molecule has 0 saturated carbocycles. The van der Waals surface area contributed by atoms with Crippen LogP contribution in [0.25, 0.3) is 0 Å². The smallest absolute Gasteiger partial charge is 0.126 e. The lowest BCUT2D eigenvalue weighted by Gasteiger charge is -2.10. The van der Waals surface area contributed by atoms with E-state index >= 15 is 0 Å². The van der Waals surface area contributed by atoms with Crippen LogP contribution in [-0.4, -0.2) is 36.5 Å². The highest BCUT2D eigenvalue weighted by molar-refractivity contribution is 6.30. The average Bonchev–Trinajstić information content (AvgIpc) is 2.17. The standard InChI is InChI=1S/C9H13ClN2O2/c1-14-6-8(13)5-12-9-3-2-7(10)4-11-9/h2-4,8,13H,5-6H2,1H3,(H,11,12). The van der Waals surface area contributed by atoms with E-state index < -0.39 is 6.10 Å². The topological polar surface area (TPSA) is 54.4 Å². The van der Waals surface area contributed by atoms with Crippen molar-refractivity contribution in [3.05, 3.63) is 23.4 Å². The SMILES string of the molecule is COCC(O)CNc1ccc(Cl)cn1. The monoisotopic (exact) mass is 216 g/mol. The van der Waals surface area contributed by atoms with E-state index in [1.807, 2.05) is 0 Å². The maximum Gasteiger partial charge on any atom is 0.126 e. The molecule has 0 spiro atoms. The Bertz CT molecular complexity index is 266. The van der Waals surface area contributed by atoms with E-state index in [0.29, 0.717) is 24.0 Å². The van der Waals surface area contributed by atoms with E-state index in [-0.39, 0.29) is 0 Å². The second kappa shape index (κ2) is 5.80. The summed E-state index contributed by atoms with van der Waals surface area (Å²) >= 11 is 5.66. The summed E-state index contributed by atoms with van der Waals surface area (Å²) in [7, 11) is 1.55. The zero-order chi connectivity index (χ0) is 10.4. The molecule has 4 nitrogen and oxygen atoms in total. The number of aliphatic hydroxyl groups is 1. The molecule has 5 heteroatoms. The highest BCUT2D eigenvalue weighted by Crippen LogP contribution is 2.09. The van der Waals surface area contributed by atoms with Gasteiger partial charge in [0, 0.05) is 19.9 Å². The molecule has 0 saturated heterocycles. The molecule has 0 bridgehead atoms. The Labute approximate surface area is 87.9 Å². The Morgan fingerprint density at radius 3 is 3.00 bits per heavy atom. The van der Waals surface area contributed by atoms with Gasteiger partial charge in [-0.05, 0) is 12.1 Å². The van der Waals surface area contributed by atoms with Crippen LogP contribution in [-0.2, 0) is 4.74 Å². The summed E-state index contributed by atoms with van der Waals surface area (Å²) in [6.07, 6.45) is 1.02. The molecule has 0 aliphatic heterocycles. The highest BCUT2D eigenvalue weighted by Gasteiger charge is 2.02. The van der Waals surface area contributed by atoms with Gasteiger partial charge in [0.25, 0.3) is 0 Å². The maximum atomic E-state index is 9.32. The third-order valence-electron chi connectivity index (χ3n) is 1.61. The number of methoxy groups -OCH3 is 1. The molecule has 0 aliphatic rings. The van der Waals surface area contributed by atoms with Crippen LogP contribution in [0.4, 0.5) is 5.82 Å². The van der Waals surface area contributed by atoms with Gasteiger partial charge < -0.3 is 15.2 Å². The van der Waals surface area contributed by atoms with Crippen LogP contribution in [0.2, 0.25) is 5.02 Å². The number of aromatic nitrogens is 1. The summed E-state index contributed by atoms with van der Waals surface area (Å²) < 4.78 is 4.78. The minimum absolute atomic E-state index is 0.306. The van der Waals surface area contributed by atoms with Gasteiger partial charge in [0.1, 0.15) is 5.82 Å². The van der Waals surface area contributed by atoms with Crippen molar-refractivity contribution < 1.29 is 9.84 Å². The fourth-order valence-corrected chi connectivity index (χ4v) is 1.07. The first kappa shape index (κ1) is 11.2. The average molecular weight is 217 g/mol. The number of aliphatic hydroxyl groups excluding tert-OH is 1. The van der Waals surface area contributed by atoms with Crippen LogP contribution in [0.5, 0.6) is 0 Å². The van der Waals surface area contributed by atoms with E-state index in [0.717, 1.165) is 0 Å². The third kappa shape index (κ3) is 3.91. The molecule has 1 aromatic rings. The Hall–Kier alpha value is -0.840. The van der Waals surface area contributed by atoms with Gasteiger partial charge in [-0.2, -0.15) is 0 Å². The first-order valence-electron chi connectivity index (χ1n) is 4.25. The van der Waals surface area contributed by atoms with Gasteiger partial charge in [-0.3, -0.25) is 0 Å². The van der Waals surface area contributed by atoms with Crippen LogP contribution < -0.4 is 5.32 Å². The largest absolute Gasteiger partial charge is 0.389 e. The predicted molar refractivity (Wildman–Crippen MR) is 55.6 cm³/mol. The molecular formula is C9H13ClN2O2. The Morgan fingerprint density at radius 1 is 1.64 bits per heavy atom. The first-order valence-corrected chi connectivity index (χ1v) is 4.62. The van der Waals surface area contributed by atoms with Crippen LogP contribution in [0.15, 0.2) is 18.3 Å². The molecule has 0 aliphatic carbocycles. The van der Waals surface area contributed by atoms with Crippen molar-refractivity contribution in [2.75, 3.05) is 25.6 Å². The number of pyridine rings is 1. The molecule has 1 heterocycles. The minimum Gasteiger partial charge on any atom is -0.389 e. The zero-order valence-corrected chi connectivity index (χ0v) is 8.66. The number of hydrogen-bond donors (Lipinski definition) is 2. The van der Waals surface area contributed by atoms with Crippen molar-refractivity contribution in [3.8, 4) is 0 Å². The molecular weight excluding hydrogens is 204 g/mol. The molecule has 1 unspecified atom stereocenters. The van der Waals surface area contributed by atoms with Crippen LogP contribution in [0.1, 0.15) is 0 Å². The van der Waals surface area contributed by atoms with E-state index in [2.05, 4.69) is 10.3 Å². The van der Waals surface area contributed by atoms with Gasteiger partial charge in [0.2, 0.25) is 0 Å². The van der Waals surface area contributed by atoms with E-state index in [1.165, 1.54) is 0 Å². The molecule has 14 heavy (non-hydrogen) atoms. The van der Waals surface area contributed by atoms with Gasteiger partial charge in [-0.25, -0.2) is 4.98 Å². The summed E-state index contributed by atoms with van der Waals surface area (Å²) in [4.78, 5) is 4.02. The second-order valence-electron chi connectivity index (χ2n) is 2.85. The number of rotatable bonds is 5. The van der Waals surface area contributed by atoms with Gasteiger partial charge in [-0.1, -0.05) is 11.6 Å². The van der Waals surface area contributed by atoms with Crippen LogP contribution in [0.3, 0.4) is 0 Å². The quantitative estimate of drug-likeness (QED) is 0.776. The number of nitrogens with one attached hydrogen (secondary N) is 1. The Kier molecular flexibility index (Phi) is 4.65. The summed E-state index contributed by atoms with van der Waals surface area (Å²) in [5.74, 6) is 0.685. The summed E-state index contributed by atoms with van der Waals surface area (Å²) in [5, 5.41) is 12.9. The molecule has 1 atom stereocenters. The Balaban J connectivity index is 2.34. The number of ether oxygens (including phenoxy) is 1. The summed E-state index contributed by atoms with van der Waals surface area (Å²) in [6.45, 7) is 0.711. The number of anilines is 1. The number of hydrogen-bond acceptors (Lipinski definition) is 4. The normalized spacial score (nSPS) is 12.5. The van der Waals surface area contributed by atoms with Crippen molar-refractivity contribution in [2.45, 2.75) is 6.10 Å². The van der Waals surface area contributed by atoms with Gasteiger partial charge in [0.05, 0.1) is 17.7 Å². The van der Waals surface area contributed by atoms with E-state index in [1.54, 1.807) is 25.4 Å².